The second-order valence-electron chi connectivity index (χ2n) is 9.23. The molecule has 2 bridgehead atoms. The lowest BCUT2D eigenvalue weighted by Crippen LogP contribution is -3.29. The van der Waals surface area contributed by atoms with Crippen molar-refractivity contribution >= 4 is 0 Å². The first-order valence-corrected chi connectivity index (χ1v) is 9.73. The summed E-state index contributed by atoms with van der Waals surface area (Å²) >= 11 is 0. The smallest absolute Gasteiger partial charge is 0.127 e. The van der Waals surface area contributed by atoms with E-state index in [2.05, 4.69) is 51.1 Å². The van der Waals surface area contributed by atoms with Crippen LogP contribution in [-0.4, -0.2) is 32.2 Å². The standard InChI is InChI=1S/C21H32N2/c1-20(2)18-9-10-21(20,3)19(15-18)23-13-11-22(12-14-23)16-17-7-5-4-6-8-17/h4-8,18-19H,9-16H2,1-3H3/p+2/t18-,19+,21-/m0/s1. The monoisotopic (exact) mass is 314 g/mol. The molecule has 3 fully saturated rings. The van der Waals surface area contributed by atoms with Crippen molar-refractivity contribution in [2.75, 3.05) is 26.2 Å². The van der Waals surface area contributed by atoms with Crippen molar-refractivity contribution in [2.45, 2.75) is 52.6 Å². The molecule has 1 saturated heterocycles. The van der Waals surface area contributed by atoms with Gasteiger partial charge in [-0.05, 0) is 24.2 Å². The molecule has 2 heteroatoms. The molecule has 3 aliphatic rings. The summed E-state index contributed by atoms with van der Waals surface area (Å²) in [5.74, 6) is 0.986. The van der Waals surface area contributed by atoms with Crippen LogP contribution in [0, 0.1) is 16.7 Å². The third-order valence-corrected chi connectivity index (χ3v) is 8.18. The first kappa shape index (κ1) is 15.7. The van der Waals surface area contributed by atoms with Gasteiger partial charge in [0.15, 0.2) is 0 Å². The molecule has 0 unspecified atom stereocenters. The van der Waals surface area contributed by atoms with E-state index in [9.17, 15) is 0 Å². The molecule has 0 radical (unpaired) electrons. The Labute approximate surface area is 141 Å². The lowest BCUT2D eigenvalue weighted by atomic mass is 9.68. The van der Waals surface area contributed by atoms with Crippen molar-refractivity contribution in [1.29, 1.82) is 0 Å². The van der Waals surface area contributed by atoms with E-state index in [0.29, 0.717) is 10.8 Å². The highest BCUT2D eigenvalue weighted by Gasteiger charge is 2.64. The number of rotatable bonds is 3. The van der Waals surface area contributed by atoms with Gasteiger partial charge in [-0.15, -0.1) is 0 Å². The summed E-state index contributed by atoms with van der Waals surface area (Å²) in [4.78, 5) is 3.71. The minimum absolute atomic E-state index is 0.568. The van der Waals surface area contributed by atoms with Gasteiger partial charge in [-0.1, -0.05) is 51.1 Å². The first-order chi connectivity index (χ1) is 11.0. The summed E-state index contributed by atoms with van der Waals surface area (Å²) in [6.45, 7) is 14.4. The predicted octanol–water partition coefficient (Wildman–Crippen LogP) is 1.18. The van der Waals surface area contributed by atoms with E-state index in [-0.39, 0.29) is 0 Å². The minimum atomic E-state index is 0.568. The van der Waals surface area contributed by atoms with Crippen LogP contribution in [0.1, 0.15) is 45.6 Å². The predicted molar refractivity (Wildman–Crippen MR) is 94.6 cm³/mol. The molecule has 2 nitrogen and oxygen atoms in total. The Morgan fingerprint density at radius 3 is 2.26 bits per heavy atom. The van der Waals surface area contributed by atoms with E-state index in [1.54, 1.807) is 4.90 Å². The van der Waals surface area contributed by atoms with Crippen LogP contribution in [0.2, 0.25) is 0 Å². The van der Waals surface area contributed by atoms with E-state index in [0.717, 1.165) is 12.0 Å². The van der Waals surface area contributed by atoms with Gasteiger partial charge in [0.25, 0.3) is 0 Å². The average Bonchev–Trinajstić information content (AvgIpc) is 2.90. The van der Waals surface area contributed by atoms with Gasteiger partial charge >= 0.3 is 0 Å². The maximum absolute atomic E-state index is 2.61. The minimum Gasteiger partial charge on any atom is -0.323 e. The average molecular weight is 315 g/mol. The second kappa shape index (κ2) is 5.60. The van der Waals surface area contributed by atoms with Gasteiger partial charge in [0.05, 0.1) is 6.04 Å². The third kappa shape index (κ3) is 2.46. The van der Waals surface area contributed by atoms with Crippen molar-refractivity contribution in [3.8, 4) is 0 Å². The molecular formula is C21H34N2+2. The van der Waals surface area contributed by atoms with Crippen LogP contribution in [0.3, 0.4) is 0 Å². The summed E-state index contributed by atoms with van der Waals surface area (Å²) in [7, 11) is 0. The molecule has 2 saturated carbocycles. The van der Waals surface area contributed by atoms with Gasteiger partial charge < -0.3 is 9.80 Å². The summed E-state index contributed by atoms with van der Waals surface area (Å²) in [6.07, 6.45) is 4.45. The summed E-state index contributed by atoms with van der Waals surface area (Å²) < 4.78 is 0. The second-order valence-corrected chi connectivity index (χ2v) is 9.23. The number of hydrogen-bond donors (Lipinski definition) is 2. The van der Waals surface area contributed by atoms with Gasteiger partial charge in [0.1, 0.15) is 32.7 Å². The van der Waals surface area contributed by atoms with Gasteiger partial charge in [0, 0.05) is 17.4 Å². The molecule has 0 aromatic heterocycles. The van der Waals surface area contributed by atoms with E-state index in [4.69, 9.17) is 0 Å². The van der Waals surface area contributed by atoms with Crippen LogP contribution < -0.4 is 9.80 Å². The molecule has 4 rings (SSSR count). The highest BCUT2D eigenvalue weighted by atomic mass is 15.3. The Morgan fingerprint density at radius 1 is 1.00 bits per heavy atom. The van der Waals surface area contributed by atoms with E-state index in [1.165, 1.54) is 57.5 Å². The molecule has 3 atom stereocenters. The number of fused-ring (bicyclic) bond motifs is 2. The van der Waals surface area contributed by atoms with Crippen LogP contribution >= 0.6 is 0 Å². The van der Waals surface area contributed by atoms with Crippen LogP contribution in [0.15, 0.2) is 30.3 Å². The zero-order valence-corrected chi connectivity index (χ0v) is 15.2. The Hall–Kier alpha value is -0.860. The summed E-state index contributed by atoms with van der Waals surface area (Å²) in [6, 6.07) is 12.0. The van der Waals surface area contributed by atoms with Crippen molar-refractivity contribution in [2.24, 2.45) is 16.7 Å². The molecule has 23 heavy (non-hydrogen) atoms. The van der Waals surface area contributed by atoms with Crippen molar-refractivity contribution in [3.63, 3.8) is 0 Å². The van der Waals surface area contributed by atoms with E-state index < -0.39 is 0 Å². The highest BCUT2D eigenvalue weighted by Crippen LogP contribution is 2.64. The summed E-state index contributed by atoms with van der Waals surface area (Å²) in [5.41, 5.74) is 2.65. The Bertz CT molecular complexity index is 544. The number of piperazine rings is 1. The number of quaternary nitrogens is 2. The molecule has 0 amide bonds. The van der Waals surface area contributed by atoms with Crippen LogP contribution in [0.5, 0.6) is 0 Å². The fraction of sp³-hybridized carbons (Fsp3) is 0.714. The molecule has 0 spiro atoms. The topological polar surface area (TPSA) is 8.88 Å². The molecule has 1 aromatic carbocycles. The molecule has 2 N–H and O–H groups in total. The molecule has 1 heterocycles. The van der Waals surface area contributed by atoms with E-state index >= 15 is 0 Å². The third-order valence-electron chi connectivity index (χ3n) is 8.18. The molecule has 1 aliphatic heterocycles. The molecular weight excluding hydrogens is 280 g/mol. The number of benzene rings is 1. The van der Waals surface area contributed by atoms with Crippen molar-refractivity contribution in [1.82, 2.24) is 0 Å². The lowest BCUT2D eigenvalue weighted by molar-refractivity contribution is -1.03. The first-order valence-electron chi connectivity index (χ1n) is 9.73. The zero-order valence-electron chi connectivity index (χ0n) is 15.2. The SMILES string of the molecule is CC1(C)[C@H]2CC[C@@]1(C)[C@H]([NH+]1CC[NH+](Cc3ccccc3)CC1)C2. The van der Waals surface area contributed by atoms with Gasteiger partial charge in [-0.3, -0.25) is 0 Å². The molecule has 1 aromatic rings. The number of hydrogen-bond acceptors (Lipinski definition) is 0. The molecule has 2 aliphatic carbocycles. The summed E-state index contributed by atoms with van der Waals surface area (Å²) in [5, 5.41) is 0. The Kier molecular flexibility index (Phi) is 3.81. The van der Waals surface area contributed by atoms with Crippen molar-refractivity contribution in [3.05, 3.63) is 35.9 Å². The van der Waals surface area contributed by atoms with Crippen LogP contribution in [0.4, 0.5) is 0 Å². The quantitative estimate of drug-likeness (QED) is 0.829. The maximum Gasteiger partial charge on any atom is 0.127 e. The zero-order chi connectivity index (χ0) is 16.1. The van der Waals surface area contributed by atoms with E-state index in [1.807, 2.05) is 4.90 Å². The largest absolute Gasteiger partial charge is 0.323 e. The van der Waals surface area contributed by atoms with Crippen molar-refractivity contribution < 1.29 is 9.80 Å². The Morgan fingerprint density at radius 2 is 1.70 bits per heavy atom. The highest BCUT2D eigenvalue weighted by molar-refractivity contribution is 5.13. The Balaban J connectivity index is 1.37. The fourth-order valence-corrected chi connectivity index (χ4v) is 6.16. The van der Waals surface area contributed by atoms with Crippen LogP contribution in [-0.2, 0) is 6.54 Å². The lowest BCUT2D eigenvalue weighted by Gasteiger charge is -2.43. The van der Waals surface area contributed by atoms with Crippen LogP contribution in [0.25, 0.3) is 0 Å². The fourth-order valence-electron chi connectivity index (χ4n) is 6.16. The number of nitrogens with one attached hydrogen (secondary N) is 2. The van der Waals surface area contributed by atoms with Gasteiger partial charge in [0.2, 0.25) is 0 Å². The maximum atomic E-state index is 2.61. The van der Waals surface area contributed by atoms with Gasteiger partial charge in [-0.25, -0.2) is 0 Å². The molecule has 126 valence electrons. The van der Waals surface area contributed by atoms with Gasteiger partial charge in [-0.2, -0.15) is 0 Å². The normalized spacial score (nSPS) is 42.0.